The Hall–Kier alpha value is -7.62. The summed E-state index contributed by atoms with van der Waals surface area (Å²) in [5, 5.41) is 31.1. The van der Waals surface area contributed by atoms with Gasteiger partial charge in [-0.25, -0.2) is 0 Å². The highest BCUT2D eigenvalue weighted by Crippen LogP contribution is 2.54. The first-order chi connectivity index (χ1) is 43.2. The minimum absolute atomic E-state index is 0.0336. The molecule has 0 fully saturated rings. The van der Waals surface area contributed by atoms with E-state index in [9.17, 15) is 32.2 Å². The van der Waals surface area contributed by atoms with Crippen LogP contribution >= 0.6 is 0 Å². The predicted octanol–water partition coefficient (Wildman–Crippen LogP) is 18.6. The molecule has 8 aromatic rings. The van der Waals surface area contributed by atoms with E-state index in [0.717, 1.165) is 124 Å². The minimum Gasteiger partial charge on any atom is -0.507 e. The van der Waals surface area contributed by atoms with E-state index in [2.05, 4.69) is 65.8 Å². The van der Waals surface area contributed by atoms with Crippen molar-refractivity contribution in [2.45, 2.75) is 200 Å². The number of hydrogen-bond acceptors (Lipinski definition) is 12. The van der Waals surface area contributed by atoms with Crippen molar-refractivity contribution < 1.29 is 54.7 Å². The fraction of sp³-hybridized carbons (Fsp3) is 0.377. The molecule has 0 saturated heterocycles. The van der Waals surface area contributed by atoms with Gasteiger partial charge in [-0.3, -0.25) is 4.18 Å². The molecule has 482 valence electrons. The van der Waals surface area contributed by atoms with Gasteiger partial charge in [-0.1, -0.05) is 149 Å². The average Bonchev–Trinajstić information content (AvgIpc) is 0.752. The lowest BCUT2D eigenvalue weighted by Gasteiger charge is -2.37. The lowest BCUT2D eigenvalue weighted by Crippen LogP contribution is -2.30. The number of unbranched alkanes of at least 4 members (excludes halogenated alkanes) is 6. The smallest absolute Gasteiger partial charge is 0.339 e. The zero-order valence-corrected chi connectivity index (χ0v) is 56.6. The van der Waals surface area contributed by atoms with Gasteiger partial charge in [0.2, 0.25) is 0 Å². The molecule has 0 aromatic heterocycles. The normalized spacial score (nSPS) is 14.3. The fourth-order valence-corrected chi connectivity index (χ4v) is 14.3. The second-order valence-corrected chi connectivity index (χ2v) is 29.0. The molecule has 0 bridgehead atoms. The van der Waals surface area contributed by atoms with E-state index in [1.807, 2.05) is 96.1 Å². The summed E-state index contributed by atoms with van der Waals surface area (Å²) in [5.41, 5.74) is 13.4. The number of benzene rings is 8. The summed E-state index contributed by atoms with van der Waals surface area (Å²) in [6, 6.07) is 42.1. The fourth-order valence-electron chi connectivity index (χ4n) is 12.5. The third-order valence-electron chi connectivity index (χ3n) is 17.3. The van der Waals surface area contributed by atoms with Gasteiger partial charge in [0.05, 0.1) is 34.8 Å². The Bertz CT molecular complexity index is 4140. The van der Waals surface area contributed by atoms with Crippen LogP contribution in [0, 0.1) is 20.8 Å². The number of fused-ring (bicyclic) bond motifs is 9. The molecule has 91 heavy (non-hydrogen) atoms. The maximum atomic E-state index is 13.6. The maximum absolute atomic E-state index is 13.6. The summed E-state index contributed by atoms with van der Waals surface area (Å²) in [5.74, 6) is 2.68. The van der Waals surface area contributed by atoms with E-state index in [0.29, 0.717) is 39.5 Å². The molecular weight excluding hydrogens is 1180 g/mol. The van der Waals surface area contributed by atoms with Crippen molar-refractivity contribution in [2.24, 2.45) is 0 Å². The zero-order valence-electron chi connectivity index (χ0n) is 55.0. The summed E-state index contributed by atoms with van der Waals surface area (Å²) in [4.78, 5) is 0.0909. The first kappa shape index (κ1) is 67.8. The zero-order chi connectivity index (χ0) is 65.6. The predicted molar refractivity (Wildman–Crippen MR) is 362 cm³/mol. The van der Waals surface area contributed by atoms with Crippen LogP contribution in [0.25, 0.3) is 33.4 Å². The molecule has 8 aromatic carbocycles. The molecule has 12 nitrogen and oxygen atoms in total. The molecule has 3 aliphatic rings. The van der Waals surface area contributed by atoms with Gasteiger partial charge in [-0.2, -0.15) is 16.8 Å². The third kappa shape index (κ3) is 15.2. The quantitative estimate of drug-likeness (QED) is 0.0487. The SMILES string of the molecule is CCCCCc1cc(O)c2c(c1)OC(C)(C)c1cccc(C)c1-2.CCCCCc1cc(O)c2c(c1)OC(C)(C)c1cccc(CO)c1-2.CCCCCc1cc2c(c(OS(=O)(=O)c3ccc(C)cc3)c1)-c1c(COS(=O)(=O)c3ccc(C)cc3)cccc1C(C)(C)O2. The average molecular weight is 1270 g/mol. The van der Waals surface area contributed by atoms with Crippen molar-refractivity contribution in [2.75, 3.05) is 0 Å². The van der Waals surface area contributed by atoms with Crippen LogP contribution in [0.15, 0.2) is 149 Å². The molecular formula is C77H90O12S2. The summed E-state index contributed by atoms with van der Waals surface area (Å²) < 4.78 is 83.9. The highest BCUT2D eigenvalue weighted by molar-refractivity contribution is 7.87. The first-order valence-corrected chi connectivity index (χ1v) is 34.9. The summed E-state index contributed by atoms with van der Waals surface area (Å²) in [6.45, 7) is 24.1. The van der Waals surface area contributed by atoms with Crippen LogP contribution in [0.3, 0.4) is 0 Å². The van der Waals surface area contributed by atoms with Crippen LogP contribution in [-0.4, -0.2) is 32.2 Å². The van der Waals surface area contributed by atoms with Gasteiger partial charge in [0.1, 0.15) is 50.4 Å². The third-order valence-corrected chi connectivity index (χ3v) is 19.9. The number of phenolic OH excluding ortho intramolecular Hbond substituents is 2. The number of phenols is 2. The van der Waals surface area contributed by atoms with Crippen LogP contribution in [0.5, 0.6) is 34.5 Å². The molecule has 3 aliphatic heterocycles. The van der Waals surface area contributed by atoms with Crippen molar-refractivity contribution in [3.05, 3.63) is 201 Å². The number of aromatic hydroxyl groups is 2. The molecule has 0 atom stereocenters. The number of aryl methyl sites for hydroxylation is 6. The second-order valence-electron chi connectivity index (χ2n) is 25.9. The van der Waals surface area contributed by atoms with E-state index in [1.54, 1.807) is 36.4 Å². The van der Waals surface area contributed by atoms with Crippen LogP contribution < -0.4 is 18.4 Å². The van der Waals surface area contributed by atoms with Gasteiger partial charge in [0, 0.05) is 27.8 Å². The van der Waals surface area contributed by atoms with Crippen LogP contribution in [-0.2, 0) is 73.7 Å². The molecule has 0 saturated carbocycles. The molecule has 0 unspecified atom stereocenters. The van der Waals surface area contributed by atoms with Crippen LogP contribution in [0.4, 0.5) is 0 Å². The van der Waals surface area contributed by atoms with E-state index >= 15 is 0 Å². The van der Waals surface area contributed by atoms with Crippen molar-refractivity contribution >= 4 is 20.2 Å². The maximum Gasteiger partial charge on any atom is 0.339 e. The Morgan fingerprint density at radius 1 is 0.429 bits per heavy atom. The summed E-state index contributed by atoms with van der Waals surface area (Å²) in [6.07, 6.45) is 12.7. The summed E-state index contributed by atoms with van der Waals surface area (Å²) >= 11 is 0. The Labute approximate surface area is 540 Å². The molecule has 0 amide bonds. The Kier molecular flexibility index (Phi) is 20.9. The highest BCUT2D eigenvalue weighted by atomic mass is 32.2. The number of rotatable bonds is 20. The first-order valence-electron chi connectivity index (χ1n) is 32.1. The monoisotopic (exact) mass is 1270 g/mol. The van der Waals surface area contributed by atoms with Crippen molar-refractivity contribution in [3.63, 3.8) is 0 Å². The number of aliphatic hydroxyl groups is 1. The molecule has 3 N–H and O–H groups in total. The number of hydrogen-bond donors (Lipinski definition) is 3. The van der Waals surface area contributed by atoms with Gasteiger partial charge in [-0.05, 0) is 200 Å². The molecule has 0 spiro atoms. The highest BCUT2D eigenvalue weighted by Gasteiger charge is 2.40. The molecule has 0 radical (unpaired) electrons. The lowest BCUT2D eigenvalue weighted by molar-refractivity contribution is 0.104. The molecule has 14 heteroatoms. The van der Waals surface area contributed by atoms with Gasteiger partial charge >= 0.3 is 10.1 Å². The molecule has 0 aliphatic carbocycles. The van der Waals surface area contributed by atoms with E-state index < -0.39 is 31.4 Å². The van der Waals surface area contributed by atoms with Crippen LogP contribution in [0.2, 0.25) is 0 Å². The topological polar surface area (TPSA) is 175 Å². The minimum atomic E-state index is -4.21. The van der Waals surface area contributed by atoms with Crippen molar-refractivity contribution in [3.8, 4) is 67.9 Å². The Morgan fingerprint density at radius 3 is 1.26 bits per heavy atom. The van der Waals surface area contributed by atoms with Gasteiger partial charge in [-0.15, -0.1) is 0 Å². The van der Waals surface area contributed by atoms with Gasteiger partial charge < -0.3 is 33.7 Å². The molecule has 3 heterocycles. The second kappa shape index (κ2) is 28.1. The van der Waals surface area contributed by atoms with E-state index in [4.69, 9.17) is 22.6 Å². The molecule has 11 rings (SSSR count). The van der Waals surface area contributed by atoms with Gasteiger partial charge in [0.15, 0.2) is 5.75 Å². The van der Waals surface area contributed by atoms with Crippen molar-refractivity contribution in [1.29, 1.82) is 0 Å². The lowest BCUT2D eigenvalue weighted by atomic mass is 9.82. The summed E-state index contributed by atoms with van der Waals surface area (Å²) in [7, 11) is -8.27. The number of ether oxygens (including phenoxy) is 3. The Balaban J connectivity index is 0.000000176. The van der Waals surface area contributed by atoms with Gasteiger partial charge in [0.25, 0.3) is 10.1 Å². The van der Waals surface area contributed by atoms with Crippen molar-refractivity contribution in [1.82, 2.24) is 0 Å². The standard InChI is InChI=1S/C35H38O7S2.C21H26O3.C21H26O2/c1-6-7-8-10-26-21-31-34(32(22-26)42-44(38,39)29-19-15-25(3)16-20-29)33-27(11-9-12-30(33)35(4,5)41-31)23-40-43(36,37)28-17-13-24(2)14-18-28;1-4-5-6-8-14-11-17(23)20-18(12-14)24-21(2,3)16-10-7-9-15(13-22)19(16)20;1-5-6-7-10-15-12-17(22)20-18(13-15)23-21(3,4)16-11-8-9-14(2)19(16)20/h9,11-22H,6-8,10,23H2,1-5H3;7,9-12,22-23H,4-6,8,13H2,1-3H3;8-9,11-13,22H,5-7,10H2,1-4H3. The number of aliphatic hydroxyl groups excluding tert-OH is 1. The Morgan fingerprint density at radius 2 is 0.813 bits per heavy atom. The van der Waals surface area contributed by atoms with E-state index in [-0.39, 0.29) is 40.1 Å². The van der Waals surface area contributed by atoms with E-state index in [1.165, 1.54) is 55.5 Å². The van der Waals surface area contributed by atoms with Crippen LogP contribution in [0.1, 0.15) is 181 Å². The largest absolute Gasteiger partial charge is 0.507 e.